The highest BCUT2D eigenvalue weighted by Gasteiger charge is 2.16. The summed E-state index contributed by atoms with van der Waals surface area (Å²) >= 11 is 0. The normalized spacial score (nSPS) is 18.4. The molecule has 0 heterocycles. The van der Waals surface area contributed by atoms with Crippen LogP contribution >= 0.6 is 0 Å². The fourth-order valence-electron chi connectivity index (χ4n) is 2.62. The Labute approximate surface area is 104 Å². The maximum absolute atomic E-state index is 9.21. The molecule has 1 unspecified atom stereocenters. The largest absolute Gasteiger partial charge is 0.508 e. The predicted octanol–water partition coefficient (Wildman–Crippen LogP) is 3.25. The van der Waals surface area contributed by atoms with Gasteiger partial charge in [0.05, 0.1) is 0 Å². The van der Waals surface area contributed by atoms with Crippen LogP contribution in [0.25, 0.3) is 0 Å². The molecule has 1 aromatic carbocycles. The van der Waals surface area contributed by atoms with E-state index in [1.807, 2.05) is 12.1 Å². The Morgan fingerprint density at radius 1 is 1.24 bits per heavy atom. The standard InChI is InChI=1S/C15H23NO/c1-12(16-14-4-2-3-5-14)6-7-13-8-10-15(17)11-9-13/h8-12,14,16-17H,2-7H2,1H3. The zero-order valence-corrected chi connectivity index (χ0v) is 10.7. The summed E-state index contributed by atoms with van der Waals surface area (Å²) in [6, 6.07) is 8.90. The number of phenolic OH excluding ortho intramolecular Hbond substituents is 1. The van der Waals surface area contributed by atoms with Gasteiger partial charge in [0.1, 0.15) is 5.75 Å². The average molecular weight is 233 g/mol. The van der Waals surface area contributed by atoms with Crippen molar-refractivity contribution in [1.29, 1.82) is 0 Å². The number of nitrogens with one attached hydrogen (secondary N) is 1. The number of rotatable bonds is 5. The molecule has 0 aromatic heterocycles. The number of phenols is 1. The summed E-state index contributed by atoms with van der Waals surface area (Å²) in [5.74, 6) is 0.353. The van der Waals surface area contributed by atoms with Gasteiger partial charge < -0.3 is 10.4 Å². The van der Waals surface area contributed by atoms with Gasteiger partial charge in [0.15, 0.2) is 0 Å². The molecular weight excluding hydrogens is 210 g/mol. The van der Waals surface area contributed by atoms with Crippen LogP contribution in [-0.2, 0) is 6.42 Å². The summed E-state index contributed by atoms with van der Waals surface area (Å²) in [5, 5.41) is 12.9. The van der Waals surface area contributed by atoms with Crippen LogP contribution in [0.3, 0.4) is 0 Å². The number of aromatic hydroxyl groups is 1. The molecule has 0 saturated heterocycles. The smallest absolute Gasteiger partial charge is 0.115 e. The van der Waals surface area contributed by atoms with E-state index in [4.69, 9.17) is 0 Å². The van der Waals surface area contributed by atoms with Gasteiger partial charge in [-0.25, -0.2) is 0 Å². The van der Waals surface area contributed by atoms with Gasteiger partial charge in [-0.2, -0.15) is 0 Å². The monoisotopic (exact) mass is 233 g/mol. The third kappa shape index (κ3) is 4.04. The molecule has 0 spiro atoms. The van der Waals surface area contributed by atoms with Crippen LogP contribution in [0.4, 0.5) is 0 Å². The summed E-state index contributed by atoms with van der Waals surface area (Å²) in [7, 11) is 0. The average Bonchev–Trinajstić information content (AvgIpc) is 2.81. The number of hydrogen-bond acceptors (Lipinski definition) is 2. The van der Waals surface area contributed by atoms with Crippen molar-refractivity contribution in [2.75, 3.05) is 0 Å². The second kappa shape index (κ2) is 6.06. The molecule has 1 atom stereocenters. The minimum absolute atomic E-state index is 0.353. The van der Waals surface area contributed by atoms with Gasteiger partial charge in [-0.15, -0.1) is 0 Å². The Kier molecular flexibility index (Phi) is 4.43. The van der Waals surface area contributed by atoms with Gasteiger partial charge in [0.25, 0.3) is 0 Å². The second-order valence-corrected chi connectivity index (χ2v) is 5.25. The predicted molar refractivity (Wildman–Crippen MR) is 71.3 cm³/mol. The molecule has 1 aromatic rings. The van der Waals surface area contributed by atoms with E-state index in [2.05, 4.69) is 12.2 Å². The van der Waals surface area contributed by atoms with Crippen LogP contribution in [0, 0.1) is 0 Å². The molecule has 0 aliphatic heterocycles. The number of aryl methyl sites for hydroxylation is 1. The van der Waals surface area contributed by atoms with E-state index >= 15 is 0 Å². The van der Waals surface area contributed by atoms with E-state index in [0.717, 1.165) is 12.5 Å². The lowest BCUT2D eigenvalue weighted by Gasteiger charge is -2.19. The van der Waals surface area contributed by atoms with Crippen molar-refractivity contribution in [1.82, 2.24) is 5.32 Å². The highest BCUT2D eigenvalue weighted by molar-refractivity contribution is 5.25. The van der Waals surface area contributed by atoms with E-state index in [-0.39, 0.29) is 0 Å². The van der Waals surface area contributed by atoms with Crippen molar-refractivity contribution < 1.29 is 5.11 Å². The quantitative estimate of drug-likeness (QED) is 0.818. The van der Waals surface area contributed by atoms with Crippen LogP contribution in [0.2, 0.25) is 0 Å². The Morgan fingerprint density at radius 2 is 1.88 bits per heavy atom. The third-order valence-corrected chi connectivity index (χ3v) is 3.68. The first-order valence-corrected chi connectivity index (χ1v) is 6.78. The van der Waals surface area contributed by atoms with Gasteiger partial charge in [-0.05, 0) is 50.3 Å². The highest BCUT2D eigenvalue weighted by Crippen LogP contribution is 2.19. The second-order valence-electron chi connectivity index (χ2n) is 5.25. The van der Waals surface area contributed by atoms with Crippen LogP contribution in [0.5, 0.6) is 5.75 Å². The van der Waals surface area contributed by atoms with Crippen LogP contribution in [-0.4, -0.2) is 17.2 Å². The number of benzene rings is 1. The molecule has 17 heavy (non-hydrogen) atoms. The molecule has 1 aliphatic carbocycles. The summed E-state index contributed by atoms with van der Waals surface area (Å²) < 4.78 is 0. The Morgan fingerprint density at radius 3 is 2.53 bits per heavy atom. The first kappa shape index (κ1) is 12.4. The minimum Gasteiger partial charge on any atom is -0.508 e. The molecule has 0 bridgehead atoms. The van der Waals surface area contributed by atoms with E-state index < -0.39 is 0 Å². The van der Waals surface area contributed by atoms with Crippen LogP contribution in [0.15, 0.2) is 24.3 Å². The van der Waals surface area contributed by atoms with Gasteiger partial charge in [-0.1, -0.05) is 25.0 Å². The Balaban J connectivity index is 1.71. The van der Waals surface area contributed by atoms with Crippen molar-refractivity contribution in [2.24, 2.45) is 0 Å². The van der Waals surface area contributed by atoms with Gasteiger partial charge >= 0.3 is 0 Å². The van der Waals surface area contributed by atoms with Gasteiger partial charge in [0.2, 0.25) is 0 Å². The van der Waals surface area contributed by atoms with Crippen molar-refractivity contribution >= 4 is 0 Å². The maximum Gasteiger partial charge on any atom is 0.115 e. The summed E-state index contributed by atoms with van der Waals surface area (Å²) in [6.07, 6.45) is 7.74. The molecular formula is C15H23NO. The lowest BCUT2D eigenvalue weighted by molar-refractivity contribution is 0.431. The van der Waals surface area contributed by atoms with Crippen LogP contribution < -0.4 is 5.32 Å². The lowest BCUT2D eigenvalue weighted by atomic mass is 10.1. The van der Waals surface area contributed by atoms with Gasteiger partial charge in [0, 0.05) is 12.1 Å². The van der Waals surface area contributed by atoms with Crippen LogP contribution in [0.1, 0.15) is 44.6 Å². The Hall–Kier alpha value is -1.02. The lowest BCUT2D eigenvalue weighted by Crippen LogP contribution is -2.34. The molecule has 0 radical (unpaired) electrons. The number of hydrogen-bond donors (Lipinski definition) is 2. The fraction of sp³-hybridized carbons (Fsp3) is 0.600. The van der Waals surface area contributed by atoms with E-state index in [9.17, 15) is 5.11 Å². The molecule has 1 saturated carbocycles. The Bertz CT molecular complexity index is 327. The fourth-order valence-corrected chi connectivity index (χ4v) is 2.62. The molecule has 94 valence electrons. The van der Waals surface area contributed by atoms with Crippen molar-refractivity contribution in [3.8, 4) is 5.75 Å². The molecule has 1 aliphatic rings. The highest BCUT2D eigenvalue weighted by atomic mass is 16.3. The molecule has 2 heteroatoms. The molecule has 1 fully saturated rings. The molecule has 2 rings (SSSR count). The summed E-state index contributed by atoms with van der Waals surface area (Å²) in [6.45, 7) is 2.28. The molecule has 2 N–H and O–H groups in total. The van der Waals surface area contributed by atoms with Crippen molar-refractivity contribution in [3.63, 3.8) is 0 Å². The zero-order chi connectivity index (χ0) is 12.1. The first-order chi connectivity index (χ1) is 8.24. The zero-order valence-electron chi connectivity index (χ0n) is 10.7. The maximum atomic E-state index is 9.21. The van der Waals surface area contributed by atoms with Gasteiger partial charge in [-0.3, -0.25) is 0 Å². The van der Waals surface area contributed by atoms with Crippen molar-refractivity contribution in [3.05, 3.63) is 29.8 Å². The van der Waals surface area contributed by atoms with E-state index in [0.29, 0.717) is 11.8 Å². The molecule has 2 nitrogen and oxygen atoms in total. The van der Waals surface area contributed by atoms with E-state index in [1.165, 1.54) is 37.7 Å². The summed E-state index contributed by atoms with van der Waals surface area (Å²) in [4.78, 5) is 0. The van der Waals surface area contributed by atoms with Crippen molar-refractivity contribution in [2.45, 2.75) is 57.5 Å². The third-order valence-electron chi connectivity index (χ3n) is 3.68. The van der Waals surface area contributed by atoms with E-state index in [1.54, 1.807) is 12.1 Å². The SMILES string of the molecule is CC(CCc1ccc(O)cc1)NC1CCCC1. The summed E-state index contributed by atoms with van der Waals surface area (Å²) in [5.41, 5.74) is 1.31. The minimum atomic E-state index is 0.353. The first-order valence-electron chi connectivity index (χ1n) is 6.78. The topological polar surface area (TPSA) is 32.3 Å². The molecule has 0 amide bonds.